The second-order valence-corrected chi connectivity index (χ2v) is 11.2. The Morgan fingerprint density at radius 3 is 2.26 bits per heavy atom. The molecule has 3 aliphatic rings. The maximum Gasteiger partial charge on any atom is 0.198 e. The average molecular weight is 527 g/mol. The number of allylic oxidation sites excluding steroid dienone is 3. The molecule has 0 saturated carbocycles. The third-order valence-corrected chi connectivity index (χ3v) is 9.07. The number of phenols is 1. The molecule has 1 saturated heterocycles. The van der Waals surface area contributed by atoms with Crippen LogP contribution in [0.15, 0.2) is 55.1 Å². The quantitative estimate of drug-likeness (QED) is 0.351. The summed E-state index contributed by atoms with van der Waals surface area (Å²) >= 11 is 0. The Labute approximate surface area is 233 Å². The topological polar surface area (TPSA) is 63.6 Å². The molecule has 2 aromatic rings. The maximum atomic E-state index is 13.2. The number of phenolic OH excluding ortho intramolecular Hbond substituents is 1. The lowest BCUT2D eigenvalue weighted by molar-refractivity contribution is -0.0768. The van der Waals surface area contributed by atoms with Crippen LogP contribution >= 0.6 is 0 Å². The summed E-state index contributed by atoms with van der Waals surface area (Å²) in [5.74, 6) is 1.13. The molecule has 2 aromatic carbocycles. The number of ether oxygens (including phenoxy) is 1. The van der Waals surface area contributed by atoms with Crippen molar-refractivity contribution in [3.63, 3.8) is 0 Å². The van der Waals surface area contributed by atoms with E-state index in [0.29, 0.717) is 58.6 Å². The standard InChI is InChI=1S/C25H24O3.C10H18O/c1-4-14(5-2)15-11-12-17-16(6-3)21-22(25(28)20(17)13-15)24(27)19-10-8-7-9-18(19)23(21)26;1-5-10-6-7(2)11-9(4)8(10)3/h4,6-10,15,28H,3,5,11-13H2,1-2H3;5,7-10H,1,6H2,2-4H3/b14-4-;/t;7?,8?,9-,10?/m.0/s1. The van der Waals surface area contributed by atoms with Gasteiger partial charge in [-0.15, -0.1) is 6.58 Å². The zero-order valence-corrected chi connectivity index (χ0v) is 24.0. The molecule has 0 spiro atoms. The van der Waals surface area contributed by atoms with Gasteiger partial charge in [-0.05, 0) is 87.3 Å². The molecule has 39 heavy (non-hydrogen) atoms. The molecule has 0 radical (unpaired) electrons. The van der Waals surface area contributed by atoms with Gasteiger partial charge < -0.3 is 9.84 Å². The van der Waals surface area contributed by atoms with Crippen LogP contribution in [0, 0.1) is 17.8 Å². The van der Waals surface area contributed by atoms with Crippen molar-refractivity contribution in [3.8, 4) is 5.75 Å². The van der Waals surface area contributed by atoms with E-state index in [0.717, 1.165) is 36.8 Å². The zero-order chi connectivity index (χ0) is 28.4. The van der Waals surface area contributed by atoms with Gasteiger partial charge in [0.25, 0.3) is 0 Å². The van der Waals surface area contributed by atoms with E-state index >= 15 is 0 Å². The Morgan fingerprint density at radius 1 is 1.05 bits per heavy atom. The Bertz CT molecular complexity index is 1330. The smallest absolute Gasteiger partial charge is 0.198 e. The fourth-order valence-corrected chi connectivity index (χ4v) is 6.71. The van der Waals surface area contributed by atoms with Crippen molar-refractivity contribution in [2.75, 3.05) is 0 Å². The molecule has 4 nitrogen and oxygen atoms in total. The highest BCUT2D eigenvalue weighted by Gasteiger charge is 2.38. The predicted octanol–water partition coefficient (Wildman–Crippen LogP) is 7.89. The number of fused-ring (bicyclic) bond motifs is 3. The van der Waals surface area contributed by atoms with Gasteiger partial charge >= 0.3 is 0 Å². The van der Waals surface area contributed by atoms with Crippen molar-refractivity contribution < 1.29 is 19.4 Å². The second-order valence-electron chi connectivity index (χ2n) is 11.2. The van der Waals surface area contributed by atoms with Crippen LogP contribution in [-0.2, 0) is 17.6 Å². The Hall–Kier alpha value is -3.24. The van der Waals surface area contributed by atoms with E-state index in [9.17, 15) is 14.7 Å². The van der Waals surface area contributed by atoms with Crippen molar-refractivity contribution in [1.29, 1.82) is 0 Å². The summed E-state index contributed by atoms with van der Waals surface area (Å²) in [5, 5.41) is 11.1. The fraction of sp³-hybridized carbons (Fsp3) is 0.429. The van der Waals surface area contributed by atoms with Gasteiger partial charge in [-0.1, -0.05) is 68.5 Å². The van der Waals surface area contributed by atoms with Gasteiger partial charge in [-0.3, -0.25) is 9.59 Å². The molecular weight excluding hydrogens is 484 g/mol. The van der Waals surface area contributed by atoms with Crippen molar-refractivity contribution in [2.24, 2.45) is 17.8 Å². The van der Waals surface area contributed by atoms with Crippen LogP contribution in [0.2, 0.25) is 0 Å². The molecule has 206 valence electrons. The minimum absolute atomic E-state index is 0.0142. The van der Waals surface area contributed by atoms with Crippen LogP contribution in [0.25, 0.3) is 6.08 Å². The third-order valence-electron chi connectivity index (χ3n) is 9.07. The number of aromatic hydroxyl groups is 1. The first-order valence-electron chi connectivity index (χ1n) is 14.3. The zero-order valence-electron chi connectivity index (χ0n) is 24.0. The first-order chi connectivity index (χ1) is 18.7. The number of carbonyl (C=O) groups is 2. The summed E-state index contributed by atoms with van der Waals surface area (Å²) < 4.78 is 5.68. The molecule has 5 rings (SSSR count). The Kier molecular flexibility index (Phi) is 8.76. The van der Waals surface area contributed by atoms with Crippen molar-refractivity contribution in [3.05, 3.63) is 94.1 Å². The normalized spacial score (nSPS) is 26.0. The average Bonchev–Trinajstić information content (AvgIpc) is 2.94. The van der Waals surface area contributed by atoms with Gasteiger partial charge in [0.1, 0.15) is 5.75 Å². The van der Waals surface area contributed by atoms with Crippen LogP contribution in [-0.4, -0.2) is 28.9 Å². The van der Waals surface area contributed by atoms with Crippen molar-refractivity contribution in [2.45, 2.75) is 78.9 Å². The predicted molar refractivity (Wildman–Crippen MR) is 159 cm³/mol. The first kappa shape index (κ1) is 28.8. The first-order valence-corrected chi connectivity index (χ1v) is 14.3. The SMILES string of the molecule is C=CC1CC(C)O[C@@H](C)C1C.C=Cc1c2c(c(O)c3c1C(=O)c1ccccc1C3=O)CC(/C(=C\C)CC)CC2. The molecule has 1 aliphatic heterocycles. The van der Waals surface area contributed by atoms with Crippen LogP contribution in [0.4, 0.5) is 0 Å². The molecule has 1 N–H and O–H groups in total. The van der Waals surface area contributed by atoms with Crippen LogP contribution in [0.3, 0.4) is 0 Å². The number of ketones is 2. The lowest BCUT2D eigenvalue weighted by Crippen LogP contribution is -2.35. The van der Waals surface area contributed by atoms with E-state index in [1.165, 1.54) is 5.57 Å². The number of benzene rings is 2. The minimum Gasteiger partial charge on any atom is -0.507 e. The van der Waals surface area contributed by atoms with Crippen LogP contribution in [0.5, 0.6) is 5.75 Å². The summed E-state index contributed by atoms with van der Waals surface area (Å²) in [5.41, 5.74) is 5.08. The van der Waals surface area contributed by atoms with Crippen LogP contribution < -0.4 is 0 Å². The highest BCUT2D eigenvalue weighted by molar-refractivity contribution is 6.30. The third kappa shape index (κ3) is 5.19. The summed E-state index contributed by atoms with van der Waals surface area (Å²) in [6, 6.07) is 6.84. The molecule has 0 aromatic heterocycles. The maximum absolute atomic E-state index is 13.2. The molecular formula is C35H42O4. The lowest BCUT2D eigenvalue weighted by atomic mass is 9.72. The van der Waals surface area contributed by atoms with E-state index in [1.54, 1.807) is 30.3 Å². The van der Waals surface area contributed by atoms with E-state index in [1.807, 2.05) is 0 Å². The highest BCUT2D eigenvalue weighted by atomic mass is 16.5. The summed E-state index contributed by atoms with van der Waals surface area (Å²) in [6.45, 7) is 18.5. The summed E-state index contributed by atoms with van der Waals surface area (Å²) in [7, 11) is 0. The molecule has 0 amide bonds. The second kappa shape index (κ2) is 11.9. The molecule has 4 unspecified atom stereocenters. The van der Waals surface area contributed by atoms with Gasteiger partial charge in [-0.25, -0.2) is 0 Å². The molecule has 2 aliphatic carbocycles. The number of carbonyl (C=O) groups excluding carboxylic acids is 2. The lowest BCUT2D eigenvalue weighted by Gasteiger charge is -2.36. The fourth-order valence-electron chi connectivity index (χ4n) is 6.71. The largest absolute Gasteiger partial charge is 0.507 e. The van der Waals surface area contributed by atoms with E-state index < -0.39 is 0 Å². The molecule has 5 atom stereocenters. The van der Waals surface area contributed by atoms with Crippen molar-refractivity contribution in [1.82, 2.24) is 0 Å². The van der Waals surface area contributed by atoms with E-state index in [4.69, 9.17) is 4.74 Å². The van der Waals surface area contributed by atoms with Gasteiger partial charge in [0.15, 0.2) is 11.6 Å². The summed E-state index contributed by atoms with van der Waals surface area (Å²) in [4.78, 5) is 26.4. The van der Waals surface area contributed by atoms with Gasteiger partial charge in [0.2, 0.25) is 0 Å². The van der Waals surface area contributed by atoms with E-state index in [-0.39, 0.29) is 22.9 Å². The van der Waals surface area contributed by atoms with Crippen LogP contribution in [0.1, 0.15) is 102 Å². The van der Waals surface area contributed by atoms with Crippen molar-refractivity contribution >= 4 is 17.6 Å². The van der Waals surface area contributed by atoms with Gasteiger partial charge in [0.05, 0.1) is 17.8 Å². The summed E-state index contributed by atoms with van der Waals surface area (Å²) in [6.07, 6.45) is 11.2. The Morgan fingerprint density at radius 2 is 1.69 bits per heavy atom. The molecule has 1 fully saturated rings. The molecule has 0 bridgehead atoms. The molecule has 4 heteroatoms. The molecule has 1 heterocycles. The number of hydrogen-bond acceptors (Lipinski definition) is 4. The monoisotopic (exact) mass is 526 g/mol. The highest BCUT2D eigenvalue weighted by Crippen LogP contribution is 2.45. The number of hydrogen-bond donors (Lipinski definition) is 1. The van der Waals surface area contributed by atoms with E-state index in [2.05, 4.69) is 59.9 Å². The van der Waals surface area contributed by atoms with Gasteiger partial charge in [0, 0.05) is 16.7 Å². The van der Waals surface area contributed by atoms with Gasteiger partial charge in [-0.2, -0.15) is 0 Å². The minimum atomic E-state index is -0.280. The Balaban J connectivity index is 0.000000270. The number of rotatable bonds is 4.